The number of likely N-dealkylation sites (tertiary alicyclic amines) is 1. The first-order valence-electron chi connectivity index (χ1n) is 8.46. The molecule has 1 saturated heterocycles. The maximum absolute atomic E-state index is 13.0. The largest absolute Gasteiger partial charge is 0.508 e. The summed E-state index contributed by atoms with van der Waals surface area (Å²) in [5.41, 5.74) is 1.81. The molecule has 0 saturated carbocycles. The molecule has 1 N–H and O–H groups in total. The fourth-order valence-corrected chi connectivity index (χ4v) is 3.20. The molecule has 1 atom stereocenters. The minimum Gasteiger partial charge on any atom is -0.508 e. The topological polar surface area (TPSA) is 32.7 Å². The van der Waals surface area contributed by atoms with Crippen LogP contribution in [-0.2, 0) is 17.9 Å². The highest BCUT2D eigenvalue weighted by atomic mass is 19.1. The Morgan fingerprint density at radius 1 is 1.04 bits per heavy atom. The van der Waals surface area contributed by atoms with Crippen LogP contribution in [0, 0.1) is 5.82 Å². The molecule has 0 amide bonds. The molecule has 2 aromatic rings. The van der Waals surface area contributed by atoms with Crippen LogP contribution in [0.4, 0.5) is 4.39 Å². The van der Waals surface area contributed by atoms with Gasteiger partial charge >= 0.3 is 0 Å². The third-order valence-corrected chi connectivity index (χ3v) is 4.76. The Hall–Kier alpha value is -1.91. The molecule has 3 rings (SSSR count). The van der Waals surface area contributed by atoms with E-state index in [9.17, 15) is 9.50 Å². The first kappa shape index (κ1) is 16.9. The smallest absolute Gasteiger partial charge is 0.123 e. The number of benzene rings is 2. The summed E-state index contributed by atoms with van der Waals surface area (Å²) in [6.07, 6.45) is 3.28. The van der Waals surface area contributed by atoms with Crippen molar-refractivity contribution in [3.05, 3.63) is 65.5 Å². The lowest BCUT2D eigenvalue weighted by molar-refractivity contribution is -0.175. The van der Waals surface area contributed by atoms with Crippen molar-refractivity contribution in [3.8, 4) is 5.75 Å². The molecule has 0 bridgehead atoms. The Morgan fingerprint density at radius 2 is 1.71 bits per heavy atom. The highest BCUT2D eigenvalue weighted by Crippen LogP contribution is 2.31. The van der Waals surface area contributed by atoms with E-state index in [0.29, 0.717) is 6.61 Å². The van der Waals surface area contributed by atoms with Gasteiger partial charge in [-0.25, -0.2) is 4.39 Å². The first-order valence-corrected chi connectivity index (χ1v) is 8.46. The van der Waals surface area contributed by atoms with E-state index in [4.69, 9.17) is 4.74 Å². The first-order chi connectivity index (χ1) is 11.5. The summed E-state index contributed by atoms with van der Waals surface area (Å²) in [5, 5.41) is 9.43. The quantitative estimate of drug-likeness (QED) is 0.879. The molecule has 128 valence electrons. The van der Waals surface area contributed by atoms with Crippen LogP contribution in [0.25, 0.3) is 0 Å². The molecule has 0 spiro atoms. The summed E-state index contributed by atoms with van der Waals surface area (Å²) in [5.74, 6) is 0.0595. The lowest BCUT2D eigenvalue weighted by Crippen LogP contribution is -2.50. The van der Waals surface area contributed by atoms with Crippen molar-refractivity contribution in [2.24, 2.45) is 0 Å². The number of phenolic OH excluding ortho intramolecular Hbond substituents is 1. The Bertz CT molecular complexity index is 656. The number of hydrogen-bond acceptors (Lipinski definition) is 3. The minimum absolute atomic E-state index is 0.225. The maximum Gasteiger partial charge on any atom is 0.123 e. The van der Waals surface area contributed by atoms with Crippen molar-refractivity contribution in [1.82, 2.24) is 4.90 Å². The van der Waals surface area contributed by atoms with E-state index in [0.717, 1.165) is 43.5 Å². The summed E-state index contributed by atoms with van der Waals surface area (Å²) in [6.45, 7) is 4.39. The standard InChI is InChI=1S/C20H24FNO2/c1-20(24-15-17-4-8-18(21)9-5-17)12-2-3-13-22(20)14-16-6-10-19(23)11-7-16/h4-11,23H,2-3,12-15H2,1H3. The number of phenols is 1. The second kappa shape index (κ2) is 7.32. The van der Waals surface area contributed by atoms with E-state index in [1.54, 1.807) is 24.3 Å². The molecule has 0 radical (unpaired) electrons. The number of rotatable bonds is 5. The zero-order valence-electron chi connectivity index (χ0n) is 14.0. The average molecular weight is 329 g/mol. The molecule has 24 heavy (non-hydrogen) atoms. The second-order valence-electron chi connectivity index (χ2n) is 6.64. The van der Waals surface area contributed by atoms with Crippen LogP contribution in [0.3, 0.4) is 0 Å². The summed E-state index contributed by atoms with van der Waals surface area (Å²) in [7, 11) is 0. The Kier molecular flexibility index (Phi) is 5.17. The Balaban J connectivity index is 1.67. The molecule has 1 aliphatic rings. The minimum atomic E-state index is -0.329. The van der Waals surface area contributed by atoms with Gasteiger partial charge in [-0.05, 0) is 61.6 Å². The number of nitrogens with zero attached hydrogens (tertiary/aromatic N) is 1. The molecule has 1 heterocycles. The van der Waals surface area contributed by atoms with Gasteiger partial charge in [-0.2, -0.15) is 0 Å². The van der Waals surface area contributed by atoms with E-state index < -0.39 is 0 Å². The van der Waals surface area contributed by atoms with Crippen LogP contribution < -0.4 is 0 Å². The summed E-state index contributed by atoms with van der Waals surface area (Å²) < 4.78 is 19.3. The monoisotopic (exact) mass is 329 g/mol. The van der Waals surface area contributed by atoms with Gasteiger partial charge in [0.15, 0.2) is 0 Å². The Labute approximate surface area is 142 Å². The van der Waals surface area contributed by atoms with Gasteiger partial charge < -0.3 is 9.84 Å². The lowest BCUT2D eigenvalue weighted by atomic mass is 9.98. The number of piperidine rings is 1. The van der Waals surface area contributed by atoms with Gasteiger partial charge in [0.25, 0.3) is 0 Å². The van der Waals surface area contributed by atoms with Crippen LogP contribution in [0.5, 0.6) is 5.75 Å². The maximum atomic E-state index is 13.0. The van der Waals surface area contributed by atoms with Crippen molar-refractivity contribution in [2.75, 3.05) is 6.54 Å². The highest BCUT2D eigenvalue weighted by Gasteiger charge is 2.35. The van der Waals surface area contributed by atoms with E-state index >= 15 is 0 Å². The van der Waals surface area contributed by atoms with Crippen molar-refractivity contribution in [2.45, 2.75) is 45.1 Å². The fourth-order valence-electron chi connectivity index (χ4n) is 3.20. The predicted molar refractivity (Wildman–Crippen MR) is 92.0 cm³/mol. The lowest BCUT2D eigenvalue weighted by Gasteiger charge is -2.44. The van der Waals surface area contributed by atoms with Crippen molar-refractivity contribution in [3.63, 3.8) is 0 Å². The molecule has 4 heteroatoms. The Morgan fingerprint density at radius 3 is 2.42 bits per heavy atom. The van der Waals surface area contributed by atoms with Gasteiger partial charge in [0.2, 0.25) is 0 Å². The second-order valence-corrected chi connectivity index (χ2v) is 6.64. The molecular weight excluding hydrogens is 305 g/mol. The normalized spacial score (nSPS) is 21.8. The average Bonchev–Trinajstić information content (AvgIpc) is 2.59. The van der Waals surface area contributed by atoms with Crippen LogP contribution in [-0.4, -0.2) is 22.3 Å². The van der Waals surface area contributed by atoms with Crippen LogP contribution in [0.15, 0.2) is 48.5 Å². The molecule has 0 aromatic heterocycles. The van der Waals surface area contributed by atoms with Crippen molar-refractivity contribution >= 4 is 0 Å². The van der Waals surface area contributed by atoms with E-state index in [-0.39, 0.29) is 17.3 Å². The van der Waals surface area contributed by atoms with E-state index in [1.165, 1.54) is 12.1 Å². The van der Waals surface area contributed by atoms with E-state index in [1.807, 2.05) is 12.1 Å². The molecule has 2 aromatic carbocycles. The molecule has 0 aliphatic carbocycles. The number of hydrogen-bond donors (Lipinski definition) is 1. The van der Waals surface area contributed by atoms with Gasteiger partial charge in [0, 0.05) is 13.1 Å². The molecule has 1 aliphatic heterocycles. The molecular formula is C20H24FNO2. The van der Waals surface area contributed by atoms with Gasteiger partial charge in [-0.15, -0.1) is 0 Å². The summed E-state index contributed by atoms with van der Waals surface area (Å²) in [6, 6.07) is 13.8. The highest BCUT2D eigenvalue weighted by molar-refractivity contribution is 5.26. The zero-order chi connectivity index (χ0) is 17.0. The summed E-state index contributed by atoms with van der Waals surface area (Å²) >= 11 is 0. The van der Waals surface area contributed by atoms with Gasteiger partial charge in [0.05, 0.1) is 6.61 Å². The predicted octanol–water partition coefficient (Wildman–Crippen LogP) is 4.45. The third-order valence-electron chi connectivity index (χ3n) is 4.76. The molecule has 1 unspecified atom stereocenters. The third kappa shape index (κ3) is 4.13. The zero-order valence-corrected chi connectivity index (χ0v) is 14.0. The van der Waals surface area contributed by atoms with Crippen molar-refractivity contribution < 1.29 is 14.2 Å². The fraction of sp³-hybridized carbons (Fsp3) is 0.400. The molecule has 1 fully saturated rings. The van der Waals surface area contributed by atoms with Crippen LogP contribution in [0.1, 0.15) is 37.3 Å². The van der Waals surface area contributed by atoms with Gasteiger partial charge in [-0.3, -0.25) is 4.90 Å². The van der Waals surface area contributed by atoms with Crippen LogP contribution >= 0.6 is 0 Å². The van der Waals surface area contributed by atoms with Crippen LogP contribution in [0.2, 0.25) is 0 Å². The SMILES string of the molecule is CC1(OCc2ccc(F)cc2)CCCCN1Cc1ccc(O)cc1. The number of ether oxygens (including phenoxy) is 1. The van der Waals surface area contributed by atoms with Gasteiger partial charge in [-0.1, -0.05) is 24.3 Å². The summed E-state index contributed by atoms with van der Waals surface area (Å²) in [4.78, 5) is 2.35. The number of halogens is 1. The molecule has 3 nitrogen and oxygen atoms in total. The number of aromatic hydroxyl groups is 1. The van der Waals surface area contributed by atoms with Gasteiger partial charge in [0.1, 0.15) is 17.3 Å². The van der Waals surface area contributed by atoms with E-state index in [2.05, 4.69) is 11.8 Å². The van der Waals surface area contributed by atoms with Crippen molar-refractivity contribution in [1.29, 1.82) is 0 Å².